The molecule has 0 saturated carbocycles. The van der Waals surface area contributed by atoms with Gasteiger partial charge in [0.2, 0.25) is 15.9 Å². The van der Waals surface area contributed by atoms with Crippen molar-refractivity contribution in [1.82, 2.24) is 5.32 Å². The highest BCUT2D eigenvalue weighted by Gasteiger charge is 2.18. The van der Waals surface area contributed by atoms with E-state index in [1.54, 1.807) is 0 Å². The van der Waals surface area contributed by atoms with Crippen LogP contribution in [0.3, 0.4) is 0 Å². The predicted octanol–water partition coefficient (Wildman–Crippen LogP) is 0.0154. The molecule has 0 saturated heterocycles. The van der Waals surface area contributed by atoms with E-state index in [4.69, 9.17) is 10.2 Å². The van der Waals surface area contributed by atoms with E-state index in [1.807, 2.05) is 0 Å². The molecule has 20 heavy (non-hydrogen) atoms. The summed E-state index contributed by atoms with van der Waals surface area (Å²) in [5.41, 5.74) is 0. The Kier molecular flexibility index (Phi) is 5.54. The molecule has 0 fully saturated rings. The largest absolute Gasteiger partial charge is 0.480 e. The van der Waals surface area contributed by atoms with Crippen LogP contribution in [0, 0.1) is 0 Å². The Morgan fingerprint density at radius 1 is 1.35 bits per heavy atom. The number of amides is 1. The van der Waals surface area contributed by atoms with Crippen molar-refractivity contribution in [3.8, 4) is 0 Å². The van der Waals surface area contributed by atoms with Gasteiger partial charge < -0.3 is 10.4 Å². The minimum absolute atomic E-state index is 0.0153. The van der Waals surface area contributed by atoms with Crippen molar-refractivity contribution in [3.05, 3.63) is 24.3 Å². The molecule has 110 valence electrons. The molecule has 4 N–H and O–H groups in total. The molecule has 0 aliphatic heterocycles. The zero-order valence-corrected chi connectivity index (χ0v) is 12.2. The van der Waals surface area contributed by atoms with Crippen LogP contribution in [-0.4, -0.2) is 37.2 Å². The van der Waals surface area contributed by atoms with Crippen LogP contribution < -0.4 is 10.5 Å². The predicted molar refractivity (Wildman–Crippen MR) is 73.8 cm³/mol. The van der Waals surface area contributed by atoms with Gasteiger partial charge in [-0.05, 0) is 24.3 Å². The second kappa shape index (κ2) is 6.73. The number of hydrogen-bond acceptors (Lipinski definition) is 5. The number of thioether (sulfide) groups is 1. The number of nitrogens with two attached hydrogens (primary N) is 1. The Bertz CT molecular complexity index is 598. The lowest BCUT2D eigenvalue weighted by Crippen LogP contribution is -2.41. The van der Waals surface area contributed by atoms with Crippen molar-refractivity contribution in [1.29, 1.82) is 0 Å². The minimum atomic E-state index is -3.74. The molecule has 7 nitrogen and oxygen atoms in total. The van der Waals surface area contributed by atoms with E-state index in [-0.39, 0.29) is 10.6 Å². The summed E-state index contributed by atoms with van der Waals surface area (Å²) in [6.07, 6.45) is 0. The van der Waals surface area contributed by atoms with Crippen LogP contribution in [0.15, 0.2) is 34.1 Å². The van der Waals surface area contributed by atoms with Gasteiger partial charge in [0.1, 0.15) is 6.04 Å². The van der Waals surface area contributed by atoms with Gasteiger partial charge in [-0.15, -0.1) is 11.8 Å². The average molecular weight is 318 g/mol. The lowest BCUT2D eigenvalue weighted by Gasteiger charge is -2.12. The lowest BCUT2D eigenvalue weighted by atomic mass is 10.3. The Morgan fingerprint density at radius 3 is 2.30 bits per heavy atom. The quantitative estimate of drug-likeness (QED) is 0.634. The third kappa shape index (κ3) is 5.19. The van der Waals surface area contributed by atoms with Crippen molar-refractivity contribution in [2.75, 3.05) is 5.75 Å². The van der Waals surface area contributed by atoms with Gasteiger partial charge in [-0.1, -0.05) is 0 Å². The smallest absolute Gasteiger partial charge is 0.327 e. The van der Waals surface area contributed by atoms with Crippen LogP contribution in [0.25, 0.3) is 0 Å². The normalized spacial score (nSPS) is 12.7. The fourth-order valence-electron chi connectivity index (χ4n) is 1.33. The number of primary sulfonamides is 1. The van der Waals surface area contributed by atoms with Gasteiger partial charge in [0.15, 0.2) is 0 Å². The van der Waals surface area contributed by atoms with Crippen LogP contribution in [0.1, 0.15) is 6.92 Å². The van der Waals surface area contributed by atoms with E-state index in [9.17, 15) is 18.0 Å². The summed E-state index contributed by atoms with van der Waals surface area (Å²) < 4.78 is 22.1. The molecule has 0 bridgehead atoms. The van der Waals surface area contributed by atoms with Crippen molar-refractivity contribution in [2.24, 2.45) is 5.14 Å². The van der Waals surface area contributed by atoms with E-state index >= 15 is 0 Å². The number of nitrogens with one attached hydrogen (secondary N) is 1. The maximum atomic E-state index is 11.1. The standard InChI is InChI=1S/C11H14N2O5S2/c1-7(14)13-10(11(15)16)6-19-8-2-4-9(5-3-8)20(12,17)18/h2-5,10H,6H2,1H3,(H,13,14)(H,15,16)(H2,12,17,18). The molecule has 0 heterocycles. The lowest BCUT2D eigenvalue weighted by molar-refractivity contribution is -0.140. The molecule has 1 unspecified atom stereocenters. The molecule has 0 aliphatic carbocycles. The van der Waals surface area contributed by atoms with E-state index in [1.165, 1.54) is 43.0 Å². The Labute approximate surface area is 120 Å². The molecular weight excluding hydrogens is 304 g/mol. The van der Waals surface area contributed by atoms with E-state index < -0.39 is 27.9 Å². The average Bonchev–Trinajstić information content (AvgIpc) is 2.33. The fraction of sp³-hybridized carbons (Fsp3) is 0.273. The summed E-state index contributed by atoms with van der Waals surface area (Å²) in [6, 6.07) is 4.72. The third-order valence-corrected chi connectivity index (χ3v) is 4.28. The molecule has 1 rings (SSSR count). The number of rotatable bonds is 6. The first-order valence-electron chi connectivity index (χ1n) is 5.45. The maximum Gasteiger partial charge on any atom is 0.327 e. The maximum absolute atomic E-state index is 11.1. The molecule has 0 radical (unpaired) electrons. The molecule has 1 aromatic rings. The number of carboxylic acid groups (broad SMARTS) is 1. The van der Waals surface area contributed by atoms with Crippen LogP contribution in [0.5, 0.6) is 0 Å². The van der Waals surface area contributed by atoms with Gasteiger partial charge in [0.05, 0.1) is 4.90 Å². The molecular formula is C11H14N2O5S2. The Balaban J connectivity index is 2.69. The highest BCUT2D eigenvalue weighted by atomic mass is 32.2. The molecule has 1 amide bonds. The van der Waals surface area contributed by atoms with Gasteiger partial charge in [0.25, 0.3) is 0 Å². The highest BCUT2D eigenvalue weighted by Crippen LogP contribution is 2.20. The van der Waals surface area contributed by atoms with Crippen LogP contribution >= 0.6 is 11.8 Å². The summed E-state index contributed by atoms with van der Waals surface area (Å²) in [5.74, 6) is -1.43. The summed E-state index contributed by atoms with van der Waals surface area (Å²) >= 11 is 1.19. The summed E-state index contributed by atoms with van der Waals surface area (Å²) in [5, 5.41) is 16.2. The number of benzene rings is 1. The zero-order chi connectivity index (χ0) is 15.3. The van der Waals surface area contributed by atoms with Gasteiger partial charge in [-0.25, -0.2) is 18.4 Å². The highest BCUT2D eigenvalue weighted by molar-refractivity contribution is 7.99. The number of aliphatic carboxylic acids is 1. The number of carboxylic acids is 1. The first kappa shape index (κ1) is 16.5. The summed E-state index contributed by atoms with van der Waals surface area (Å²) in [6.45, 7) is 1.24. The topological polar surface area (TPSA) is 127 Å². The van der Waals surface area contributed by atoms with Crippen LogP contribution in [-0.2, 0) is 19.6 Å². The van der Waals surface area contributed by atoms with Crippen molar-refractivity contribution >= 4 is 33.7 Å². The third-order valence-electron chi connectivity index (χ3n) is 2.24. The first-order valence-corrected chi connectivity index (χ1v) is 7.99. The minimum Gasteiger partial charge on any atom is -0.480 e. The molecule has 1 atom stereocenters. The van der Waals surface area contributed by atoms with Crippen molar-refractivity contribution < 1.29 is 23.1 Å². The first-order chi connectivity index (χ1) is 9.20. The fourth-order valence-corrected chi connectivity index (χ4v) is 2.75. The van der Waals surface area contributed by atoms with Crippen LogP contribution in [0.4, 0.5) is 0 Å². The second-order valence-corrected chi connectivity index (χ2v) is 6.57. The van der Waals surface area contributed by atoms with Gasteiger partial charge in [-0.2, -0.15) is 0 Å². The van der Waals surface area contributed by atoms with E-state index in [0.29, 0.717) is 4.90 Å². The number of hydrogen-bond donors (Lipinski definition) is 3. The van der Waals surface area contributed by atoms with Gasteiger partial charge in [0, 0.05) is 17.6 Å². The van der Waals surface area contributed by atoms with Gasteiger partial charge >= 0.3 is 5.97 Å². The van der Waals surface area contributed by atoms with Crippen molar-refractivity contribution in [2.45, 2.75) is 22.8 Å². The molecule has 9 heteroatoms. The zero-order valence-electron chi connectivity index (χ0n) is 10.6. The number of carbonyl (C=O) groups is 2. The Morgan fingerprint density at radius 2 is 1.90 bits per heavy atom. The summed E-state index contributed by atoms with van der Waals surface area (Å²) in [4.78, 5) is 22.4. The summed E-state index contributed by atoms with van der Waals surface area (Å²) in [7, 11) is -3.74. The number of sulfonamides is 1. The van der Waals surface area contributed by atoms with E-state index in [2.05, 4.69) is 5.32 Å². The molecule has 0 aromatic heterocycles. The molecule has 0 spiro atoms. The number of carbonyl (C=O) groups excluding carboxylic acids is 1. The Hall–Kier alpha value is -1.58. The molecule has 1 aromatic carbocycles. The van der Waals surface area contributed by atoms with E-state index in [0.717, 1.165) is 0 Å². The SMILES string of the molecule is CC(=O)NC(CSc1ccc(S(N)(=O)=O)cc1)C(=O)O. The van der Waals surface area contributed by atoms with Crippen LogP contribution in [0.2, 0.25) is 0 Å². The molecule has 0 aliphatic rings. The monoisotopic (exact) mass is 318 g/mol. The van der Waals surface area contributed by atoms with Crippen molar-refractivity contribution in [3.63, 3.8) is 0 Å². The van der Waals surface area contributed by atoms with Gasteiger partial charge in [-0.3, -0.25) is 4.79 Å². The second-order valence-electron chi connectivity index (χ2n) is 3.92.